The van der Waals surface area contributed by atoms with E-state index in [2.05, 4.69) is 206 Å². The molecular weight excluding hydrogens is 673 g/mol. The fourth-order valence-electron chi connectivity index (χ4n) is 9.58. The Balaban J connectivity index is 1.06. The summed E-state index contributed by atoms with van der Waals surface area (Å²) in [5.41, 5.74) is 7.37. The second kappa shape index (κ2) is 12.1. The lowest BCUT2D eigenvalue weighted by atomic mass is 9.88. The van der Waals surface area contributed by atoms with Gasteiger partial charge in [-0.25, -0.2) is 0 Å². The van der Waals surface area contributed by atoms with Crippen LogP contribution in [-0.4, -0.2) is 0 Å². The minimum atomic E-state index is 1.21. The van der Waals surface area contributed by atoms with Gasteiger partial charge in [0.25, 0.3) is 0 Å². The summed E-state index contributed by atoms with van der Waals surface area (Å²) in [6.07, 6.45) is 0. The molecule has 0 amide bonds. The zero-order valence-corrected chi connectivity index (χ0v) is 30.6. The Morgan fingerprint density at radius 3 is 0.982 bits per heavy atom. The van der Waals surface area contributed by atoms with Gasteiger partial charge in [0.05, 0.1) is 0 Å². The third kappa shape index (κ3) is 4.66. The summed E-state index contributed by atoms with van der Waals surface area (Å²) in [4.78, 5) is 0. The van der Waals surface area contributed by atoms with E-state index < -0.39 is 0 Å². The average molecular weight is 707 g/mol. The average Bonchev–Trinajstić information content (AvgIpc) is 3.28. The highest BCUT2D eigenvalue weighted by Gasteiger charge is 2.16. The zero-order chi connectivity index (χ0) is 36.7. The predicted octanol–water partition coefficient (Wildman–Crippen LogP) is 15.9. The van der Waals surface area contributed by atoms with Crippen LogP contribution < -0.4 is 0 Å². The molecule has 258 valence electrons. The molecule has 0 aromatic heterocycles. The molecule has 0 heterocycles. The monoisotopic (exact) mass is 706 g/mol. The molecule has 12 rings (SSSR count). The van der Waals surface area contributed by atoms with E-state index in [9.17, 15) is 0 Å². The van der Waals surface area contributed by atoms with E-state index in [1.807, 2.05) is 0 Å². The predicted molar refractivity (Wildman–Crippen MR) is 243 cm³/mol. The molecule has 0 aliphatic carbocycles. The maximum Gasteiger partial charge on any atom is -0.00264 e. The molecule has 0 nitrogen and oxygen atoms in total. The van der Waals surface area contributed by atoms with Gasteiger partial charge in [-0.2, -0.15) is 0 Å². The number of hydrogen-bond acceptors (Lipinski definition) is 0. The quantitative estimate of drug-likeness (QED) is 0.160. The van der Waals surface area contributed by atoms with Crippen molar-refractivity contribution in [2.75, 3.05) is 0 Å². The third-order valence-electron chi connectivity index (χ3n) is 12.2. The maximum absolute atomic E-state index is 2.44. The molecule has 0 radical (unpaired) electrons. The summed E-state index contributed by atoms with van der Waals surface area (Å²) in [6.45, 7) is 0. The van der Waals surface area contributed by atoms with Gasteiger partial charge in [-0.15, -0.1) is 0 Å². The van der Waals surface area contributed by atoms with Crippen molar-refractivity contribution >= 4 is 86.2 Å². The van der Waals surface area contributed by atoms with E-state index in [1.165, 1.54) is 120 Å². The molecule has 56 heavy (non-hydrogen) atoms. The first kappa shape index (κ1) is 31.1. The Morgan fingerprint density at radius 2 is 0.518 bits per heavy atom. The van der Waals surface area contributed by atoms with Crippen molar-refractivity contribution in [3.05, 3.63) is 206 Å². The lowest BCUT2D eigenvalue weighted by Gasteiger charge is -2.16. The Hall–Kier alpha value is -7.28. The van der Waals surface area contributed by atoms with Crippen LogP contribution in [0.1, 0.15) is 0 Å². The summed E-state index contributed by atoms with van der Waals surface area (Å²) >= 11 is 0. The van der Waals surface area contributed by atoms with Crippen molar-refractivity contribution in [1.29, 1.82) is 0 Å². The van der Waals surface area contributed by atoms with Crippen molar-refractivity contribution in [3.63, 3.8) is 0 Å². The van der Waals surface area contributed by atoms with Crippen LogP contribution in [0.2, 0.25) is 0 Å². The smallest absolute Gasteiger partial charge is 0.00264 e. The molecule has 0 spiro atoms. The maximum atomic E-state index is 2.44. The van der Waals surface area contributed by atoms with Crippen LogP contribution in [0.25, 0.3) is 120 Å². The first-order valence-electron chi connectivity index (χ1n) is 19.5. The molecule has 0 heteroatoms. The van der Waals surface area contributed by atoms with Gasteiger partial charge in [-0.1, -0.05) is 182 Å². The highest BCUT2D eigenvalue weighted by molar-refractivity contribution is 6.28. The van der Waals surface area contributed by atoms with Gasteiger partial charge in [0.2, 0.25) is 0 Å². The standard InChI is InChI=1S/C56H34/c1-3-17-43-35(11-1)23-25-37-27-29-49-45-19-5-7-21-47(45)51(33-53(49)55(37)43)41-15-9-13-39(31-41)40-14-10-16-42(32-40)52-34-54-50(46-20-6-8-22-48(46)52)30-28-38-26-24-36-12-2-4-18-44(36)56(38)54/h1-34H. The molecule has 0 atom stereocenters. The summed E-state index contributed by atoms with van der Waals surface area (Å²) < 4.78 is 0. The van der Waals surface area contributed by atoms with Gasteiger partial charge in [-0.3, -0.25) is 0 Å². The lowest BCUT2D eigenvalue weighted by Crippen LogP contribution is -1.89. The second-order valence-corrected chi connectivity index (χ2v) is 15.2. The van der Waals surface area contributed by atoms with Gasteiger partial charge >= 0.3 is 0 Å². The van der Waals surface area contributed by atoms with Crippen LogP contribution in [0.3, 0.4) is 0 Å². The molecule has 0 fully saturated rings. The molecule has 12 aromatic rings. The van der Waals surface area contributed by atoms with Crippen LogP contribution >= 0.6 is 0 Å². The van der Waals surface area contributed by atoms with E-state index >= 15 is 0 Å². The largest absolute Gasteiger partial charge is 0.0616 e. The van der Waals surface area contributed by atoms with Gasteiger partial charge in [0.1, 0.15) is 0 Å². The van der Waals surface area contributed by atoms with E-state index in [0.29, 0.717) is 0 Å². The number of rotatable bonds is 3. The van der Waals surface area contributed by atoms with E-state index in [1.54, 1.807) is 0 Å². The fraction of sp³-hybridized carbons (Fsp3) is 0. The van der Waals surface area contributed by atoms with Crippen molar-refractivity contribution in [3.8, 4) is 33.4 Å². The molecule has 12 aromatic carbocycles. The first-order valence-corrected chi connectivity index (χ1v) is 19.5. The normalized spacial score (nSPS) is 11.9. The highest BCUT2D eigenvalue weighted by Crippen LogP contribution is 2.43. The molecule has 0 saturated carbocycles. The van der Waals surface area contributed by atoms with Crippen molar-refractivity contribution in [2.24, 2.45) is 0 Å². The zero-order valence-electron chi connectivity index (χ0n) is 30.6. The van der Waals surface area contributed by atoms with Gasteiger partial charge in [-0.05, 0) is 144 Å². The Bertz CT molecular complexity index is 3350. The van der Waals surface area contributed by atoms with Gasteiger partial charge < -0.3 is 0 Å². The number of hydrogen-bond donors (Lipinski definition) is 0. The van der Waals surface area contributed by atoms with Gasteiger partial charge in [0.15, 0.2) is 0 Å². The van der Waals surface area contributed by atoms with E-state index in [0.717, 1.165) is 0 Å². The molecule has 0 saturated heterocycles. The fourth-order valence-corrected chi connectivity index (χ4v) is 9.58. The van der Waals surface area contributed by atoms with Crippen LogP contribution in [-0.2, 0) is 0 Å². The minimum absolute atomic E-state index is 1.21. The van der Waals surface area contributed by atoms with Crippen LogP contribution in [0.15, 0.2) is 206 Å². The molecular formula is C56H34. The molecule has 0 unspecified atom stereocenters. The Kier molecular flexibility index (Phi) is 6.73. The molecule has 0 N–H and O–H groups in total. The summed E-state index contributed by atoms with van der Waals surface area (Å²) in [6, 6.07) is 76.7. The van der Waals surface area contributed by atoms with Crippen molar-refractivity contribution < 1.29 is 0 Å². The topological polar surface area (TPSA) is 0 Å². The van der Waals surface area contributed by atoms with Crippen molar-refractivity contribution in [2.45, 2.75) is 0 Å². The van der Waals surface area contributed by atoms with Crippen LogP contribution in [0.5, 0.6) is 0 Å². The molecule has 0 aliphatic heterocycles. The molecule has 0 bridgehead atoms. The number of fused-ring (bicyclic) bond motifs is 14. The Morgan fingerprint density at radius 1 is 0.179 bits per heavy atom. The second-order valence-electron chi connectivity index (χ2n) is 15.2. The summed E-state index contributed by atoms with van der Waals surface area (Å²) in [7, 11) is 0. The van der Waals surface area contributed by atoms with Crippen LogP contribution in [0, 0.1) is 0 Å². The first-order chi connectivity index (χ1) is 27.8. The highest BCUT2D eigenvalue weighted by atomic mass is 14.2. The van der Waals surface area contributed by atoms with E-state index in [-0.39, 0.29) is 0 Å². The number of benzene rings is 12. The minimum Gasteiger partial charge on any atom is -0.0616 e. The summed E-state index contributed by atoms with van der Waals surface area (Å²) in [5, 5.41) is 20.6. The van der Waals surface area contributed by atoms with E-state index in [4.69, 9.17) is 0 Å². The molecule has 0 aliphatic rings. The lowest BCUT2D eigenvalue weighted by molar-refractivity contribution is 1.60. The van der Waals surface area contributed by atoms with Gasteiger partial charge in [0, 0.05) is 0 Å². The van der Waals surface area contributed by atoms with Crippen LogP contribution in [0.4, 0.5) is 0 Å². The Labute approximate surface area is 324 Å². The van der Waals surface area contributed by atoms with Crippen molar-refractivity contribution in [1.82, 2.24) is 0 Å². The third-order valence-corrected chi connectivity index (χ3v) is 12.2. The summed E-state index contributed by atoms with van der Waals surface area (Å²) in [5.74, 6) is 0. The SMILES string of the molecule is c1cc(-c2cccc(-c3cc4c(ccc5ccc6ccccc6c54)c4ccccc34)c2)cc(-c2cc3c(ccc4ccc5ccccc5c43)c3ccccc23)c1.